The number of benzene rings is 1. The summed E-state index contributed by atoms with van der Waals surface area (Å²) in [6, 6.07) is 8.00. The van der Waals surface area contributed by atoms with E-state index in [9.17, 15) is 19.2 Å². The minimum atomic E-state index is -0.626. The number of nitrogens with zero attached hydrogens (tertiary/aromatic N) is 2. The second-order valence-electron chi connectivity index (χ2n) is 6.70. The lowest BCUT2D eigenvalue weighted by molar-refractivity contribution is 0.0940. The highest BCUT2D eigenvalue weighted by atomic mass is 16.2. The summed E-state index contributed by atoms with van der Waals surface area (Å²) >= 11 is 0. The fourth-order valence-electron chi connectivity index (χ4n) is 2.75. The van der Waals surface area contributed by atoms with Gasteiger partial charge in [0.1, 0.15) is 5.65 Å². The minimum absolute atomic E-state index is 0.00526. The topological polar surface area (TPSA) is 126 Å². The van der Waals surface area contributed by atoms with E-state index in [1.807, 2.05) is 13.8 Å². The Hall–Kier alpha value is -3.75. The fourth-order valence-corrected chi connectivity index (χ4v) is 2.75. The number of carbonyl (C=O) groups excluding carboxylic acids is 2. The van der Waals surface area contributed by atoms with Gasteiger partial charge in [0.05, 0.1) is 22.2 Å². The summed E-state index contributed by atoms with van der Waals surface area (Å²) in [6.45, 7) is 3.85. The van der Waals surface area contributed by atoms with Crippen LogP contribution in [0.3, 0.4) is 0 Å². The van der Waals surface area contributed by atoms with Crippen LogP contribution in [-0.2, 0) is 7.05 Å². The largest absolute Gasteiger partial charge is 0.350 e. The molecule has 0 radical (unpaired) electrons. The van der Waals surface area contributed by atoms with Crippen molar-refractivity contribution in [3.8, 4) is 0 Å². The van der Waals surface area contributed by atoms with Crippen molar-refractivity contribution in [1.82, 2.24) is 19.9 Å². The summed E-state index contributed by atoms with van der Waals surface area (Å²) in [5.41, 5.74) is -0.252. The van der Waals surface area contributed by atoms with Crippen LogP contribution in [-0.4, -0.2) is 32.4 Å². The highest BCUT2D eigenvalue weighted by molar-refractivity contribution is 6.09. The van der Waals surface area contributed by atoms with Crippen molar-refractivity contribution in [2.24, 2.45) is 7.05 Å². The second kappa shape index (κ2) is 8.09. The van der Waals surface area contributed by atoms with E-state index in [1.54, 1.807) is 24.3 Å². The molecule has 2 aromatic heterocycles. The summed E-state index contributed by atoms with van der Waals surface area (Å²) in [7, 11) is 1.47. The van der Waals surface area contributed by atoms with Gasteiger partial charge < -0.3 is 10.6 Å². The van der Waals surface area contributed by atoms with E-state index < -0.39 is 17.2 Å². The van der Waals surface area contributed by atoms with Gasteiger partial charge in [0.25, 0.3) is 17.4 Å². The lowest BCUT2D eigenvalue weighted by atomic mass is 10.1. The van der Waals surface area contributed by atoms with Crippen molar-refractivity contribution in [3.63, 3.8) is 0 Å². The van der Waals surface area contributed by atoms with Crippen molar-refractivity contribution >= 4 is 28.5 Å². The van der Waals surface area contributed by atoms with E-state index in [0.29, 0.717) is 11.3 Å². The van der Waals surface area contributed by atoms with Gasteiger partial charge in [-0.15, -0.1) is 0 Å². The molecule has 0 aliphatic carbocycles. The average Bonchev–Trinajstić information content (AvgIpc) is 2.71. The number of hydrogen-bond donors (Lipinski definition) is 3. The number of amides is 2. The molecule has 150 valence electrons. The maximum Gasteiger partial charge on any atom is 0.329 e. The molecule has 0 unspecified atom stereocenters. The first-order chi connectivity index (χ1) is 13.8. The lowest BCUT2D eigenvalue weighted by Gasteiger charge is -2.14. The molecule has 3 N–H and O–H groups in total. The third kappa shape index (κ3) is 4.08. The van der Waals surface area contributed by atoms with Gasteiger partial charge in [0.15, 0.2) is 0 Å². The molecule has 0 saturated heterocycles. The normalized spacial score (nSPS) is 11.8. The van der Waals surface area contributed by atoms with Gasteiger partial charge in [-0.3, -0.25) is 23.9 Å². The van der Waals surface area contributed by atoms with Crippen molar-refractivity contribution in [1.29, 1.82) is 0 Å². The van der Waals surface area contributed by atoms with Crippen molar-refractivity contribution < 1.29 is 9.59 Å². The number of carbonyl (C=O) groups is 2. The zero-order valence-corrected chi connectivity index (χ0v) is 16.3. The van der Waals surface area contributed by atoms with Crippen LogP contribution < -0.4 is 21.9 Å². The van der Waals surface area contributed by atoms with Gasteiger partial charge in [-0.1, -0.05) is 19.1 Å². The SMILES string of the molecule is CC[C@@H](C)NC(=O)c1ccccc1NC(=O)c1cnc2c(c1)c(=O)[nH]c(=O)n2C. The van der Waals surface area contributed by atoms with Crippen LogP contribution in [0, 0.1) is 0 Å². The molecule has 0 spiro atoms. The molecule has 0 bridgehead atoms. The molecule has 1 atom stereocenters. The van der Waals surface area contributed by atoms with E-state index in [4.69, 9.17) is 0 Å². The van der Waals surface area contributed by atoms with Crippen LogP contribution in [0.4, 0.5) is 5.69 Å². The zero-order valence-electron chi connectivity index (χ0n) is 16.3. The van der Waals surface area contributed by atoms with E-state index in [-0.39, 0.29) is 28.5 Å². The number of fused-ring (bicyclic) bond motifs is 1. The van der Waals surface area contributed by atoms with Crippen LogP contribution in [0.25, 0.3) is 11.0 Å². The van der Waals surface area contributed by atoms with E-state index >= 15 is 0 Å². The average molecular weight is 395 g/mol. The molecular weight excluding hydrogens is 374 g/mol. The Bertz CT molecular complexity index is 1210. The Morgan fingerprint density at radius 2 is 1.93 bits per heavy atom. The fraction of sp³-hybridized carbons (Fsp3) is 0.250. The molecule has 29 heavy (non-hydrogen) atoms. The lowest BCUT2D eigenvalue weighted by Crippen LogP contribution is -2.32. The van der Waals surface area contributed by atoms with Crippen LogP contribution >= 0.6 is 0 Å². The van der Waals surface area contributed by atoms with Crippen LogP contribution in [0.1, 0.15) is 41.0 Å². The Balaban J connectivity index is 1.93. The van der Waals surface area contributed by atoms with Crippen molar-refractivity contribution in [2.45, 2.75) is 26.3 Å². The molecule has 0 saturated carbocycles. The molecular formula is C20H21N5O4. The van der Waals surface area contributed by atoms with Gasteiger partial charge in [-0.05, 0) is 31.5 Å². The predicted molar refractivity (Wildman–Crippen MR) is 109 cm³/mol. The number of aryl methyl sites for hydroxylation is 1. The Morgan fingerprint density at radius 3 is 2.66 bits per heavy atom. The number of pyridine rings is 1. The van der Waals surface area contributed by atoms with Gasteiger partial charge in [0, 0.05) is 19.3 Å². The molecule has 9 heteroatoms. The number of hydrogen-bond acceptors (Lipinski definition) is 5. The van der Waals surface area contributed by atoms with Crippen LogP contribution in [0.5, 0.6) is 0 Å². The molecule has 3 aromatic rings. The van der Waals surface area contributed by atoms with Crippen LogP contribution in [0.15, 0.2) is 46.1 Å². The molecule has 1 aromatic carbocycles. The molecule has 2 amide bonds. The molecule has 0 aliphatic heterocycles. The summed E-state index contributed by atoms with van der Waals surface area (Å²) in [4.78, 5) is 55.2. The Morgan fingerprint density at radius 1 is 1.21 bits per heavy atom. The monoisotopic (exact) mass is 395 g/mol. The number of rotatable bonds is 5. The Labute approximate surface area is 165 Å². The predicted octanol–water partition coefficient (Wildman–Crippen LogP) is 1.40. The molecule has 3 rings (SSSR count). The molecule has 2 heterocycles. The zero-order chi connectivity index (χ0) is 21.1. The second-order valence-corrected chi connectivity index (χ2v) is 6.70. The third-order valence-corrected chi connectivity index (χ3v) is 4.63. The summed E-state index contributed by atoms with van der Waals surface area (Å²) < 4.78 is 1.19. The molecule has 0 fully saturated rings. The van der Waals surface area contributed by atoms with Crippen LogP contribution in [0.2, 0.25) is 0 Å². The summed E-state index contributed by atoms with van der Waals surface area (Å²) in [6.07, 6.45) is 2.05. The minimum Gasteiger partial charge on any atom is -0.350 e. The van der Waals surface area contributed by atoms with E-state index in [2.05, 4.69) is 20.6 Å². The first kappa shape index (κ1) is 20.0. The standard InChI is InChI=1S/C20H21N5O4/c1-4-11(2)22-18(27)13-7-5-6-8-15(13)23-17(26)12-9-14-16(21-10-12)25(3)20(29)24-19(14)28/h5-11H,4H2,1-3H3,(H,22,27)(H,23,26)(H,24,28,29)/t11-/m1/s1. The van der Waals surface area contributed by atoms with Crippen molar-refractivity contribution in [2.75, 3.05) is 5.32 Å². The maximum absolute atomic E-state index is 12.7. The smallest absolute Gasteiger partial charge is 0.329 e. The van der Waals surface area contributed by atoms with Gasteiger partial charge in [-0.2, -0.15) is 0 Å². The number of aromatic nitrogens is 3. The number of nitrogens with one attached hydrogen (secondary N) is 3. The first-order valence-corrected chi connectivity index (χ1v) is 9.12. The maximum atomic E-state index is 12.7. The summed E-state index contributed by atoms with van der Waals surface area (Å²) in [5, 5.41) is 5.66. The first-order valence-electron chi connectivity index (χ1n) is 9.12. The highest BCUT2D eigenvalue weighted by Crippen LogP contribution is 2.17. The highest BCUT2D eigenvalue weighted by Gasteiger charge is 2.17. The quantitative estimate of drug-likeness (QED) is 0.602. The van der Waals surface area contributed by atoms with Crippen molar-refractivity contribution in [3.05, 3.63) is 68.5 Å². The van der Waals surface area contributed by atoms with E-state index in [0.717, 1.165) is 6.42 Å². The number of aromatic amines is 1. The molecule has 0 aliphatic rings. The summed E-state index contributed by atoms with van der Waals surface area (Å²) in [5.74, 6) is -0.824. The van der Waals surface area contributed by atoms with E-state index in [1.165, 1.54) is 23.9 Å². The molecule has 9 nitrogen and oxygen atoms in total. The number of anilines is 1. The number of para-hydroxylation sites is 1. The Kier molecular flexibility index (Phi) is 5.58. The van der Waals surface area contributed by atoms with Gasteiger partial charge in [-0.25, -0.2) is 9.78 Å². The van der Waals surface area contributed by atoms with Gasteiger partial charge in [0.2, 0.25) is 0 Å². The third-order valence-electron chi connectivity index (χ3n) is 4.63. The number of H-pyrrole nitrogens is 1. The van der Waals surface area contributed by atoms with Gasteiger partial charge >= 0.3 is 5.69 Å².